The van der Waals surface area contributed by atoms with Crippen LogP contribution in [0.3, 0.4) is 0 Å². The molecule has 0 aliphatic heterocycles. The third kappa shape index (κ3) is 3.69. The number of rotatable bonds is 5. The fourth-order valence-electron chi connectivity index (χ4n) is 1.21. The number of aryl methyl sites for hydroxylation is 1. The molecule has 0 spiro atoms. The van der Waals surface area contributed by atoms with Crippen molar-refractivity contribution < 1.29 is 0 Å². The number of hydrogen-bond acceptors (Lipinski definition) is 4. The molecule has 5 heteroatoms. The smallest absolute Gasteiger partial charge is 0.0897 e. The monoisotopic (exact) mass is 229 g/mol. The third-order valence-corrected chi connectivity index (χ3v) is 2.83. The summed E-state index contributed by atoms with van der Waals surface area (Å²) in [5.41, 5.74) is 6.60. The predicted molar refractivity (Wildman–Crippen MR) is 64.6 cm³/mol. The molecular formula is C9H15N3S2. The van der Waals surface area contributed by atoms with Crippen molar-refractivity contribution in [3.63, 3.8) is 0 Å². The summed E-state index contributed by atoms with van der Waals surface area (Å²) < 4.78 is 0. The van der Waals surface area contributed by atoms with E-state index in [2.05, 4.69) is 22.2 Å². The number of nitrogens with two attached hydrogens (primary N) is 1. The van der Waals surface area contributed by atoms with Crippen LogP contribution in [0.2, 0.25) is 0 Å². The Morgan fingerprint density at radius 1 is 1.71 bits per heavy atom. The first-order chi connectivity index (χ1) is 6.61. The molecule has 0 fully saturated rings. The molecule has 0 saturated carbocycles. The van der Waals surface area contributed by atoms with Crippen molar-refractivity contribution in [3.8, 4) is 0 Å². The molecule has 0 amide bonds. The van der Waals surface area contributed by atoms with Crippen LogP contribution in [-0.2, 0) is 6.54 Å². The highest BCUT2D eigenvalue weighted by Gasteiger charge is 2.06. The van der Waals surface area contributed by atoms with Gasteiger partial charge in [-0.1, -0.05) is 19.1 Å². The number of hydrogen-bond donors (Lipinski definition) is 1. The van der Waals surface area contributed by atoms with Gasteiger partial charge in [-0.15, -0.1) is 11.3 Å². The molecule has 0 aliphatic rings. The molecule has 1 aromatic heterocycles. The van der Waals surface area contributed by atoms with Crippen LogP contribution in [-0.4, -0.2) is 28.0 Å². The standard InChI is InChI=1S/C9H15N3S2/c1-3-12(5-9(10)13)4-8-6-14-7(2)11-8/h6H,3-5H2,1-2H3,(H2,10,13). The van der Waals surface area contributed by atoms with Gasteiger partial charge in [0.1, 0.15) is 0 Å². The van der Waals surface area contributed by atoms with Crippen molar-refractivity contribution in [2.75, 3.05) is 13.1 Å². The average Bonchev–Trinajstić information content (AvgIpc) is 2.49. The third-order valence-electron chi connectivity index (χ3n) is 1.88. The lowest BCUT2D eigenvalue weighted by Crippen LogP contribution is -2.32. The first-order valence-electron chi connectivity index (χ1n) is 4.53. The number of nitrogens with zero attached hydrogens (tertiary/aromatic N) is 2. The van der Waals surface area contributed by atoms with Crippen molar-refractivity contribution in [1.82, 2.24) is 9.88 Å². The number of likely N-dealkylation sites (N-methyl/N-ethyl adjacent to an activating group) is 1. The van der Waals surface area contributed by atoms with Gasteiger partial charge >= 0.3 is 0 Å². The van der Waals surface area contributed by atoms with Crippen LogP contribution in [0, 0.1) is 6.92 Å². The highest BCUT2D eigenvalue weighted by atomic mass is 32.1. The van der Waals surface area contributed by atoms with E-state index in [4.69, 9.17) is 18.0 Å². The summed E-state index contributed by atoms with van der Waals surface area (Å²) in [6.45, 7) is 6.55. The maximum atomic E-state index is 5.50. The molecule has 1 aromatic rings. The van der Waals surface area contributed by atoms with Crippen molar-refractivity contribution in [2.24, 2.45) is 5.73 Å². The summed E-state index contributed by atoms with van der Waals surface area (Å²) in [5.74, 6) is 0. The molecule has 1 heterocycles. The fraction of sp³-hybridized carbons (Fsp3) is 0.556. The number of aromatic nitrogens is 1. The van der Waals surface area contributed by atoms with Crippen LogP contribution in [0.1, 0.15) is 17.6 Å². The summed E-state index contributed by atoms with van der Waals surface area (Å²) in [7, 11) is 0. The van der Waals surface area contributed by atoms with Gasteiger partial charge in [-0.25, -0.2) is 4.98 Å². The van der Waals surface area contributed by atoms with Crippen molar-refractivity contribution >= 4 is 28.5 Å². The summed E-state index contributed by atoms with van der Waals surface area (Å²) in [4.78, 5) is 7.12. The second-order valence-corrected chi connectivity index (χ2v) is 4.71. The molecule has 1 rings (SSSR count). The lowest BCUT2D eigenvalue weighted by atomic mass is 10.4. The van der Waals surface area contributed by atoms with Gasteiger partial charge < -0.3 is 5.73 Å². The molecule has 3 nitrogen and oxygen atoms in total. The lowest BCUT2D eigenvalue weighted by molar-refractivity contribution is 0.317. The summed E-state index contributed by atoms with van der Waals surface area (Å²) in [5, 5.41) is 3.18. The quantitative estimate of drug-likeness (QED) is 0.778. The van der Waals surface area contributed by atoms with Crippen LogP contribution in [0.15, 0.2) is 5.38 Å². The van der Waals surface area contributed by atoms with Crippen molar-refractivity contribution in [3.05, 3.63) is 16.1 Å². The van der Waals surface area contributed by atoms with Crippen molar-refractivity contribution in [2.45, 2.75) is 20.4 Å². The molecule has 14 heavy (non-hydrogen) atoms. The van der Waals surface area contributed by atoms with E-state index in [0.717, 1.165) is 23.8 Å². The van der Waals surface area contributed by atoms with Crippen molar-refractivity contribution in [1.29, 1.82) is 0 Å². The van der Waals surface area contributed by atoms with Crippen LogP contribution >= 0.6 is 23.6 Å². The van der Waals surface area contributed by atoms with Gasteiger partial charge in [-0.2, -0.15) is 0 Å². The second-order valence-electron chi connectivity index (χ2n) is 3.13. The zero-order chi connectivity index (χ0) is 10.6. The molecule has 0 bridgehead atoms. The Hall–Kier alpha value is -0.520. The van der Waals surface area contributed by atoms with Crippen LogP contribution < -0.4 is 5.73 Å². The lowest BCUT2D eigenvalue weighted by Gasteiger charge is -2.17. The van der Waals surface area contributed by atoms with Gasteiger partial charge in [0.2, 0.25) is 0 Å². The molecule has 0 unspecified atom stereocenters. The zero-order valence-corrected chi connectivity index (χ0v) is 10.1. The Labute approximate surface area is 93.9 Å². The largest absolute Gasteiger partial charge is 0.392 e. The molecule has 0 radical (unpaired) electrons. The Kier molecular flexibility index (Phi) is 4.44. The molecule has 0 atom stereocenters. The van der Waals surface area contributed by atoms with Gasteiger partial charge in [0.15, 0.2) is 0 Å². The van der Waals surface area contributed by atoms with E-state index in [1.807, 2.05) is 6.92 Å². The van der Waals surface area contributed by atoms with E-state index in [9.17, 15) is 0 Å². The van der Waals surface area contributed by atoms with Gasteiger partial charge in [-0.05, 0) is 13.5 Å². The summed E-state index contributed by atoms with van der Waals surface area (Å²) >= 11 is 6.55. The molecule has 2 N–H and O–H groups in total. The molecule has 0 aliphatic carbocycles. The molecule has 0 aromatic carbocycles. The molecule has 0 saturated heterocycles. The van der Waals surface area contributed by atoms with Gasteiger partial charge in [0.25, 0.3) is 0 Å². The Morgan fingerprint density at radius 3 is 2.86 bits per heavy atom. The zero-order valence-electron chi connectivity index (χ0n) is 8.49. The van der Waals surface area contributed by atoms with Gasteiger partial charge in [0, 0.05) is 18.5 Å². The minimum Gasteiger partial charge on any atom is -0.392 e. The van der Waals surface area contributed by atoms with E-state index < -0.39 is 0 Å². The topological polar surface area (TPSA) is 42.1 Å². The molecular weight excluding hydrogens is 214 g/mol. The van der Waals surface area contributed by atoms with Crippen LogP contribution in [0.5, 0.6) is 0 Å². The number of thiazole rings is 1. The Bertz CT molecular complexity index is 309. The van der Waals surface area contributed by atoms with E-state index in [0.29, 0.717) is 11.5 Å². The highest BCUT2D eigenvalue weighted by Crippen LogP contribution is 2.10. The highest BCUT2D eigenvalue weighted by molar-refractivity contribution is 7.80. The maximum Gasteiger partial charge on any atom is 0.0897 e. The minimum atomic E-state index is 0.541. The predicted octanol–water partition coefficient (Wildman–Crippen LogP) is 1.56. The Morgan fingerprint density at radius 2 is 2.43 bits per heavy atom. The normalized spacial score (nSPS) is 10.8. The fourth-order valence-corrected chi connectivity index (χ4v) is 2.00. The first kappa shape index (κ1) is 11.6. The van der Waals surface area contributed by atoms with Crippen LogP contribution in [0.4, 0.5) is 0 Å². The minimum absolute atomic E-state index is 0.541. The van der Waals surface area contributed by atoms with E-state index in [1.165, 1.54) is 0 Å². The van der Waals surface area contributed by atoms with E-state index >= 15 is 0 Å². The summed E-state index contributed by atoms with van der Waals surface area (Å²) in [6.07, 6.45) is 0. The van der Waals surface area contributed by atoms with E-state index in [1.54, 1.807) is 11.3 Å². The summed E-state index contributed by atoms with van der Waals surface area (Å²) in [6, 6.07) is 0. The maximum absolute atomic E-state index is 5.50. The Balaban J connectivity index is 2.52. The average molecular weight is 229 g/mol. The number of thiocarbonyl (C=S) groups is 1. The van der Waals surface area contributed by atoms with E-state index in [-0.39, 0.29) is 0 Å². The second kappa shape index (κ2) is 5.38. The van der Waals surface area contributed by atoms with Gasteiger partial charge in [0.05, 0.1) is 15.7 Å². The van der Waals surface area contributed by atoms with Gasteiger partial charge in [-0.3, -0.25) is 4.90 Å². The first-order valence-corrected chi connectivity index (χ1v) is 5.82. The van der Waals surface area contributed by atoms with Crippen LogP contribution in [0.25, 0.3) is 0 Å². The SMILES string of the molecule is CCN(CC(N)=S)Cc1csc(C)n1. The molecule has 78 valence electrons.